The van der Waals surface area contributed by atoms with E-state index in [4.69, 9.17) is 0 Å². The molecule has 0 atom stereocenters. The Bertz CT molecular complexity index is 924. The van der Waals surface area contributed by atoms with E-state index in [1.807, 2.05) is 17.5 Å². The molecule has 0 unspecified atom stereocenters. The number of aromatic nitrogens is 2. The molecule has 0 radical (unpaired) electrons. The van der Waals surface area contributed by atoms with Gasteiger partial charge >= 0.3 is 6.03 Å². The number of benzene rings is 1. The molecule has 0 fully saturated rings. The Kier molecular flexibility index (Phi) is 5.97. The normalized spacial score (nSPS) is 10.6. The molecule has 0 aliphatic carbocycles. The summed E-state index contributed by atoms with van der Waals surface area (Å²) < 4.78 is 28.2. The van der Waals surface area contributed by atoms with Gasteiger partial charge in [0, 0.05) is 35.8 Å². The lowest BCUT2D eigenvalue weighted by Gasteiger charge is -2.20. The van der Waals surface area contributed by atoms with Crippen molar-refractivity contribution < 1.29 is 13.6 Å². The molecular formula is C19H18F2N4OS. The molecule has 0 bridgehead atoms. The molecule has 140 valence electrons. The van der Waals surface area contributed by atoms with E-state index in [-0.39, 0.29) is 18.3 Å². The van der Waals surface area contributed by atoms with Gasteiger partial charge in [0.25, 0.3) is 0 Å². The van der Waals surface area contributed by atoms with Crippen LogP contribution in [0, 0.1) is 11.6 Å². The first-order chi connectivity index (χ1) is 13.1. The Balaban J connectivity index is 1.62. The maximum Gasteiger partial charge on any atom is 0.318 e. The van der Waals surface area contributed by atoms with E-state index in [0.29, 0.717) is 18.7 Å². The summed E-state index contributed by atoms with van der Waals surface area (Å²) in [5, 5.41) is 8.85. The van der Waals surface area contributed by atoms with Gasteiger partial charge in [0.2, 0.25) is 0 Å². The number of urea groups is 1. The fourth-order valence-corrected chi connectivity index (χ4v) is 3.22. The zero-order chi connectivity index (χ0) is 19.2. The maximum atomic E-state index is 13.8. The number of hydrogen-bond donors (Lipinski definition) is 1. The van der Waals surface area contributed by atoms with Gasteiger partial charge in [-0.3, -0.25) is 0 Å². The fraction of sp³-hybridized carbons (Fsp3) is 0.158. The Labute approximate surface area is 159 Å². The zero-order valence-electron chi connectivity index (χ0n) is 14.4. The van der Waals surface area contributed by atoms with Crippen molar-refractivity contribution in [3.63, 3.8) is 0 Å². The summed E-state index contributed by atoms with van der Waals surface area (Å²) in [6, 6.07) is 6.95. The summed E-state index contributed by atoms with van der Waals surface area (Å²) >= 11 is 1.58. The SMILES string of the molecule is C=CCN(Cc1cccs1)C(=O)NCc1cnn(-c2ccc(F)cc2F)c1. The number of hydrogen-bond acceptors (Lipinski definition) is 3. The molecule has 2 amide bonds. The molecule has 0 aliphatic rings. The topological polar surface area (TPSA) is 50.2 Å². The van der Waals surface area contributed by atoms with Crippen molar-refractivity contribution in [2.45, 2.75) is 13.1 Å². The van der Waals surface area contributed by atoms with Crippen molar-refractivity contribution >= 4 is 17.4 Å². The first kappa shape index (κ1) is 18.8. The highest BCUT2D eigenvalue weighted by Crippen LogP contribution is 2.15. The van der Waals surface area contributed by atoms with Crippen molar-refractivity contribution in [3.05, 3.63) is 82.8 Å². The summed E-state index contributed by atoms with van der Waals surface area (Å²) in [5.74, 6) is -1.36. The van der Waals surface area contributed by atoms with Crippen LogP contribution in [-0.2, 0) is 13.1 Å². The van der Waals surface area contributed by atoms with Gasteiger partial charge < -0.3 is 10.2 Å². The van der Waals surface area contributed by atoms with Gasteiger partial charge in [0.1, 0.15) is 11.5 Å². The third-order valence-electron chi connectivity index (χ3n) is 3.80. The van der Waals surface area contributed by atoms with E-state index >= 15 is 0 Å². The third-order valence-corrected chi connectivity index (χ3v) is 4.66. The first-order valence-electron chi connectivity index (χ1n) is 8.22. The fourth-order valence-electron chi connectivity index (χ4n) is 2.51. The van der Waals surface area contributed by atoms with Crippen molar-refractivity contribution in [1.29, 1.82) is 0 Å². The number of rotatable bonds is 7. The molecule has 2 heterocycles. The van der Waals surface area contributed by atoms with Gasteiger partial charge in [0.05, 0.1) is 12.7 Å². The van der Waals surface area contributed by atoms with Crippen LogP contribution in [0.1, 0.15) is 10.4 Å². The summed E-state index contributed by atoms with van der Waals surface area (Å²) in [7, 11) is 0. The average molecular weight is 388 g/mol. The van der Waals surface area contributed by atoms with Crippen molar-refractivity contribution in [1.82, 2.24) is 20.0 Å². The number of carbonyl (C=O) groups is 1. The summed E-state index contributed by atoms with van der Waals surface area (Å²) in [5.41, 5.74) is 0.835. The molecule has 0 saturated carbocycles. The van der Waals surface area contributed by atoms with Gasteiger partial charge in [-0.05, 0) is 23.6 Å². The lowest BCUT2D eigenvalue weighted by Crippen LogP contribution is -2.39. The second kappa shape index (κ2) is 8.59. The highest BCUT2D eigenvalue weighted by molar-refractivity contribution is 7.09. The predicted molar refractivity (Wildman–Crippen MR) is 101 cm³/mol. The van der Waals surface area contributed by atoms with Crippen LogP contribution in [-0.4, -0.2) is 27.3 Å². The Morgan fingerprint density at radius 1 is 1.37 bits per heavy atom. The number of thiophene rings is 1. The Morgan fingerprint density at radius 2 is 2.22 bits per heavy atom. The average Bonchev–Trinajstić information content (AvgIpc) is 3.31. The van der Waals surface area contributed by atoms with Crippen LogP contribution >= 0.6 is 11.3 Å². The van der Waals surface area contributed by atoms with Gasteiger partial charge in [-0.25, -0.2) is 18.3 Å². The van der Waals surface area contributed by atoms with Gasteiger partial charge in [-0.15, -0.1) is 17.9 Å². The van der Waals surface area contributed by atoms with Crippen LogP contribution in [0.15, 0.2) is 60.8 Å². The van der Waals surface area contributed by atoms with Crippen LogP contribution in [0.2, 0.25) is 0 Å². The summed E-state index contributed by atoms with van der Waals surface area (Å²) in [4.78, 5) is 15.2. The van der Waals surface area contributed by atoms with E-state index in [9.17, 15) is 13.6 Å². The summed E-state index contributed by atoms with van der Waals surface area (Å²) in [6.07, 6.45) is 4.79. The smallest absolute Gasteiger partial charge is 0.318 e. The van der Waals surface area contributed by atoms with Crippen molar-refractivity contribution in [2.75, 3.05) is 6.54 Å². The van der Waals surface area contributed by atoms with Crippen LogP contribution in [0.4, 0.5) is 13.6 Å². The van der Waals surface area contributed by atoms with E-state index in [0.717, 1.165) is 10.9 Å². The molecule has 2 aromatic heterocycles. The van der Waals surface area contributed by atoms with Crippen molar-refractivity contribution in [3.8, 4) is 5.69 Å². The van der Waals surface area contributed by atoms with Gasteiger partial charge in [-0.1, -0.05) is 12.1 Å². The number of halogens is 2. The molecule has 27 heavy (non-hydrogen) atoms. The minimum absolute atomic E-state index is 0.139. The largest absolute Gasteiger partial charge is 0.334 e. The van der Waals surface area contributed by atoms with E-state index < -0.39 is 11.6 Å². The third kappa shape index (κ3) is 4.79. The van der Waals surface area contributed by atoms with Crippen molar-refractivity contribution in [2.24, 2.45) is 0 Å². The summed E-state index contributed by atoms with van der Waals surface area (Å²) in [6.45, 7) is 4.84. The maximum absolute atomic E-state index is 13.8. The van der Waals surface area contributed by atoms with Gasteiger partial charge in [-0.2, -0.15) is 5.10 Å². The lowest BCUT2D eigenvalue weighted by atomic mass is 10.3. The number of nitrogens with zero attached hydrogens (tertiary/aromatic N) is 3. The van der Waals surface area contributed by atoms with E-state index in [1.165, 1.54) is 23.0 Å². The zero-order valence-corrected chi connectivity index (χ0v) is 15.3. The highest BCUT2D eigenvalue weighted by Gasteiger charge is 2.14. The molecule has 0 saturated heterocycles. The molecule has 8 heteroatoms. The lowest BCUT2D eigenvalue weighted by molar-refractivity contribution is 0.201. The monoisotopic (exact) mass is 388 g/mol. The minimum atomic E-state index is -0.707. The number of nitrogens with one attached hydrogen (secondary N) is 1. The molecule has 3 aromatic rings. The quantitative estimate of drug-likeness (QED) is 0.620. The molecule has 0 spiro atoms. The number of amides is 2. The molecule has 1 N–H and O–H groups in total. The predicted octanol–water partition coefficient (Wildman–Crippen LogP) is 4.11. The van der Waals surface area contributed by atoms with Crippen LogP contribution < -0.4 is 5.32 Å². The second-order valence-corrected chi connectivity index (χ2v) is 6.83. The standard InChI is InChI=1S/C19H18F2N4OS/c1-2-7-24(13-16-4-3-8-27-16)19(26)22-10-14-11-23-25(12-14)18-6-5-15(20)9-17(18)21/h2-6,8-9,11-12H,1,7,10,13H2,(H,22,26). The van der Waals surface area contributed by atoms with Crippen LogP contribution in [0.3, 0.4) is 0 Å². The highest BCUT2D eigenvalue weighted by atomic mass is 32.1. The van der Waals surface area contributed by atoms with E-state index in [1.54, 1.807) is 28.5 Å². The molecule has 1 aromatic carbocycles. The first-order valence-corrected chi connectivity index (χ1v) is 9.10. The Hall–Kier alpha value is -3.00. The molecule has 3 rings (SSSR count). The minimum Gasteiger partial charge on any atom is -0.334 e. The molecule has 0 aliphatic heterocycles. The molecule has 5 nitrogen and oxygen atoms in total. The Morgan fingerprint density at radius 3 is 2.93 bits per heavy atom. The van der Waals surface area contributed by atoms with Gasteiger partial charge in [0.15, 0.2) is 5.82 Å². The second-order valence-electron chi connectivity index (χ2n) is 5.80. The van der Waals surface area contributed by atoms with Crippen LogP contribution in [0.25, 0.3) is 5.69 Å². The van der Waals surface area contributed by atoms with E-state index in [2.05, 4.69) is 17.0 Å². The number of carbonyl (C=O) groups excluding carboxylic acids is 1. The van der Waals surface area contributed by atoms with Crippen LogP contribution in [0.5, 0.6) is 0 Å². The molecular weight excluding hydrogens is 370 g/mol.